The van der Waals surface area contributed by atoms with Gasteiger partial charge < -0.3 is 5.32 Å². The fraction of sp³-hybridized carbons (Fsp3) is 0.833. The minimum atomic E-state index is 0.264. The lowest BCUT2D eigenvalue weighted by molar-refractivity contribution is 0.251. The molecule has 0 heterocycles. The Labute approximate surface area is 81.6 Å². The van der Waals surface area contributed by atoms with Gasteiger partial charge in [0, 0.05) is 5.54 Å². The van der Waals surface area contributed by atoms with Gasteiger partial charge in [0.2, 0.25) is 0 Å². The Morgan fingerprint density at radius 1 is 1.46 bits per heavy atom. The van der Waals surface area contributed by atoms with Crippen molar-refractivity contribution in [2.75, 3.05) is 7.05 Å². The predicted molar refractivity (Wildman–Crippen MR) is 56.7 cm³/mol. The average Bonchev–Trinajstić information content (AvgIpc) is 1.97. The molecule has 1 saturated carbocycles. The number of likely N-dealkylation sites (N-methyl/N-ethyl adjacent to an activating group) is 1. The van der Waals surface area contributed by atoms with Crippen molar-refractivity contribution in [1.82, 2.24) is 5.32 Å². The first-order valence-electron chi connectivity index (χ1n) is 5.51. The van der Waals surface area contributed by atoms with Crippen LogP contribution in [0.3, 0.4) is 0 Å². The van der Waals surface area contributed by atoms with Gasteiger partial charge in [0.05, 0.1) is 0 Å². The molecule has 0 saturated heterocycles. The number of fused-ring (bicyclic) bond motifs is 4. The highest BCUT2D eigenvalue weighted by Crippen LogP contribution is 2.42. The molecular weight excluding hydrogens is 158 g/mol. The van der Waals surface area contributed by atoms with E-state index < -0.39 is 0 Å². The number of hydrogen-bond acceptors (Lipinski definition) is 1. The maximum absolute atomic E-state index is 3.46. The molecule has 74 valence electrons. The van der Waals surface area contributed by atoms with Gasteiger partial charge in [0.15, 0.2) is 0 Å². The summed E-state index contributed by atoms with van der Waals surface area (Å²) in [6, 6.07) is 0. The van der Waals surface area contributed by atoms with E-state index in [-0.39, 0.29) is 5.54 Å². The lowest BCUT2D eigenvalue weighted by atomic mass is 9.68. The molecule has 1 N–H and O–H groups in total. The van der Waals surface area contributed by atoms with Gasteiger partial charge in [-0.15, -0.1) is 0 Å². The summed E-state index contributed by atoms with van der Waals surface area (Å²) in [5.41, 5.74) is 1.95. The summed E-state index contributed by atoms with van der Waals surface area (Å²) < 4.78 is 0. The van der Waals surface area contributed by atoms with Crippen molar-refractivity contribution in [1.29, 1.82) is 0 Å². The maximum atomic E-state index is 3.46. The molecular formula is C12H21N. The Kier molecular flexibility index (Phi) is 2.23. The normalized spacial score (nSPS) is 44.4. The topological polar surface area (TPSA) is 12.0 Å². The summed E-state index contributed by atoms with van der Waals surface area (Å²) in [4.78, 5) is 0. The summed E-state index contributed by atoms with van der Waals surface area (Å²) in [5, 5.41) is 3.46. The first-order chi connectivity index (χ1) is 6.11. The number of nitrogens with one attached hydrogen (secondary N) is 1. The molecule has 2 atom stereocenters. The van der Waals surface area contributed by atoms with Crippen molar-refractivity contribution in [2.45, 2.75) is 45.1 Å². The number of allylic oxidation sites excluding steroid dienone is 1. The number of rotatable bonds is 1. The third-order valence-electron chi connectivity index (χ3n) is 3.70. The third kappa shape index (κ3) is 1.80. The molecule has 1 heteroatoms. The van der Waals surface area contributed by atoms with E-state index in [0.717, 1.165) is 11.8 Å². The van der Waals surface area contributed by atoms with Crippen LogP contribution in [-0.4, -0.2) is 12.6 Å². The second-order valence-corrected chi connectivity index (χ2v) is 5.29. The molecule has 0 aromatic heterocycles. The molecule has 0 aromatic rings. The molecule has 0 spiro atoms. The zero-order valence-corrected chi connectivity index (χ0v) is 9.06. The Morgan fingerprint density at radius 3 is 2.77 bits per heavy atom. The highest BCUT2D eigenvalue weighted by molar-refractivity contribution is 5.21. The SMILES string of the molecule is CNC1(C)C=C2CC(C2)CC(C)C1. The molecule has 0 aromatic carbocycles. The third-order valence-corrected chi connectivity index (χ3v) is 3.70. The molecule has 3 aliphatic rings. The second kappa shape index (κ2) is 3.13. The smallest absolute Gasteiger partial charge is 0.0338 e. The average molecular weight is 179 g/mol. The molecule has 3 aliphatic carbocycles. The van der Waals surface area contributed by atoms with Crippen molar-refractivity contribution >= 4 is 0 Å². The first kappa shape index (κ1) is 9.26. The van der Waals surface area contributed by atoms with Gasteiger partial charge in [0.1, 0.15) is 0 Å². The molecule has 1 fully saturated rings. The van der Waals surface area contributed by atoms with E-state index in [4.69, 9.17) is 0 Å². The molecule has 0 amide bonds. The molecule has 0 radical (unpaired) electrons. The minimum Gasteiger partial charge on any atom is -0.311 e. The van der Waals surface area contributed by atoms with Crippen LogP contribution < -0.4 is 5.32 Å². The quantitative estimate of drug-likeness (QED) is 0.610. The monoisotopic (exact) mass is 179 g/mol. The molecule has 2 unspecified atom stereocenters. The fourth-order valence-corrected chi connectivity index (χ4v) is 3.03. The van der Waals surface area contributed by atoms with Crippen LogP contribution in [0.1, 0.15) is 39.5 Å². The molecule has 13 heavy (non-hydrogen) atoms. The van der Waals surface area contributed by atoms with Crippen molar-refractivity contribution in [3.63, 3.8) is 0 Å². The van der Waals surface area contributed by atoms with E-state index >= 15 is 0 Å². The van der Waals surface area contributed by atoms with E-state index in [9.17, 15) is 0 Å². The highest BCUT2D eigenvalue weighted by Gasteiger charge is 2.33. The summed E-state index contributed by atoms with van der Waals surface area (Å²) in [6.45, 7) is 4.72. The summed E-state index contributed by atoms with van der Waals surface area (Å²) >= 11 is 0. The van der Waals surface area contributed by atoms with Gasteiger partial charge >= 0.3 is 0 Å². The molecule has 1 nitrogen and oxygen atoms in total. The maximum Gasteiger partial charge on any atom is 0.0338 e. The van der Waals surface area contributed by atoms with Crippen molar-refractivity contribution in [2.24, 2.45) is 11.8 Å². The van der Waals surface area contributed by atoms with Gasteiger partial charge in [-0.25, -0.2) is 0 Å². The van der Waals surface area contributed by atoms with Crippen LogP contribution >= 0.6 is 0 Å². The summed E-state index contributed by atoms with van der Waals surface area (Å²) in [6.07, 6.45) is 7.97. The van der Waals surface area contributed by atoms with Crippen LogP contribution in [0.4, 0.5) is 0 Å². The van der Waals surface area contributed by atoms with Crippen molar-refractivity contribution in [3.05, 3.63) is 11.6 Å². The Balaban J connectivity index is 2.18. The first-order valence-corrected chi connectivity index (χ1v) is 5.51. The van der Waals surface area contributed by atoms with Crippen LogP contribution in [0.5, 0.6) is 0 Å². The number of hydrogen-bond donors (Lipinski definition) is 1. The van der Waals surface area contributed by atoms with E-state index in [1.165, 1.54) is 25.7 Å². The summed E-state index contributed by atoms with van der Waals surface area (Å²) in [7, 11) is 2.08. The van der Waals surface area contributed by atoms with E-state index in [2.05, 4.69) is 32.3 Å². The van der Waals surface area contributed by atoms with Gasteiger partial charge in [-0.3, -0.25) is 0 Å². The van der Waals surface area contributed by atoms with Crippen LogP contribution in [-0.2, 0) is 0 Å². The highest BCUT2D eigenvalue weighted by atomic mass is 14.9. The largest absolute Gasteiger partial charge is 0.311 e. The van der Waals surface area contributed by atoms with E-state index in [1.807, 2.05) is 0 Å². The van der Waals surface area contributed by atoms with Gasteiger partial charge in [-0.05, 0) is 51.5 Å². The van der Waals surface area contributed by atoms with Crippen LogP contribution in [0.25, 0.3) is 0 Å². The van der Waals surface area contributed by atoms with E-state index in [0.29, 0.717) is 0 Å². The fourth-order valence-electron chi connectivity index (χ4n) is 3.03. The van der Waals surface area contributed by atoms with Crippen molar-refractivity contribution in [3.8, 4) is 0 Å². The Bertz CT molecular complexity index is 223. The van der Waals surface area contributed by atoms with E-state index in [1.54, 1.807) is 5.57 Å². The molecule has 0 aliphatic heterocycles. The predicted octanol–water partition coefficient (Wildman–Crippen LogP) is 2.73. The van der Waals surface area contributed by atoms with Gasteiger partial charge in [-0.1, -0.05) is 18.6 Å². The van der Waals surface area contributed by atoms with Gasteiger partial charge in [0.25, 0.3) is 0 Å². The molecule has 3 rings (SSSR count). The Hall–Kier alpha value is -0.300. The van der Waals surface area contributed by atoms with Gasteiger partial charge in [-0.2, -0.15) is 0 Å². The Morgan fingerprint density at radius 2 is 2.15 bits per heavy atom. The standard InChI is InChI=1S/C12H21N/c1-9-4-10-5-11(6-10)8-12(2,7-9)13-3/h8-10,13H,4-7H2,1-3H3. The second-order valence-electron chi connectivity index (χ2n) is 5.29. The molecule has 2 bridgehead atoms. The van der Waals surface area contributed by atoms with Crippen LogP contribution in [0, 0.1) is 11.8 Å². The van der Waals surface area contributed by atoms with Crippen molar-refractivity contribution < 1.29 is 0 Å². The minimum absolute atomic E-state index is 0.264. The lowest BCUT2D eigenvalue weighted by Crippen LogP contribution is -2.42. The lowest BCUT2D eigenvalue weighted by Gasteiger charge is -2.40. The van der Waals surface area contributed by atoms with Crippen LogP contribution in [0.2, 0.25) is 0 Å². The zero-order valence-electron chi connectivity index (χ0n) is 9.06. The zero-order chi connectivity index (χ0) is 9.47. The summed E-state index contributed by atoms with van der Waals surface area (Å²) in [5.74, 6) is 1.89. The van der Waals surface area contributed by atoms with Crippen LogP contribution in [0.15, 0.2) is 11.6 Å².